The van der Waals surface area contributed by atoms with Gasteiger partial charge in [-0.1, -0.05) is 41.6 Å². The van der Waals surface area contributed by atoms with Crippen molar-refractivity contribution in [2.75, 3.05) is 27.9 Å². The van der Waals surface area contributed by atoms with Crippen LogP contribution in [0.1, 0.15) is 36.6 Å². The van der Waals surface area contributed by atoms with Crippen LogP contribution in [-0.4, -0.2) is 39.1 Å². The molecular weight excluding hydrogens is 440 g/mol. The van der Waals surface area contributed by atoms with E-state index in [9.17, 15) is 4.79 Å². The van der Waals surface area contributed by atoms with E-state index in [1.165, 1.54) is 11.1 Å². The Morgan fingerprint density at radius 2 is 1.76 bits per heavy atom. The second-order valence-corrected chi connectivity index (χ2v) is 8.42. The first kappa shape index (κ1) is 24.5. The summed E-state index contributed by atoms with van der Waals surface area (Å²) in [6.45, 7) is 5.99. The van der Waals surface area contributed by atoms with Crippen molar-refractivity contribution in [2.45, 2.75) is 32.6 Å². The fourth-order valence-electron chi connectivity index (χ4n) is 3.65. The van der Waals surface area contributed by atoms with Crippen LogP contribution >= 0.6 is 11.8 Å². The largest absolute Gasteiger partial charge is 0.493 e. The average Bonchev–Trinajstić information content (AvgIpc) is 2.81. The van der Waals surface area contributed by atoms with E-state index < -0.39 is 12.0 Å². The quantitative estimate of drug-likeness (QED) is 0.556. The number of carbonyl (C=O) groups excluding carboxylic acids is 1. The molecule has 2 aromatic carbocycles. The number of hydrogen-bond acceptors (Lipinski definition) is 8. The minimum atomic E-state index is -0.584. The van der Waals surface area contributed by atoms with Crippen molar-refractivity contribution < 1.29 is 23.7 Å². The monoisotopic (exact) mass is 470 g/mol. The van der Waals surface area contributed by atoms with E-state index in [1.807, 2.05) is 25.1 Å². The van der Waals surface area contributed by atoms with Gasteiger partial charge in [-0.05, 0) is 44.0 Å². The van der Waals surface area contributed by atoms with Crippen molar-refractivity contribution in [1.82, 2.24) is 5.32 Å². The van der Waals surface area contributed by atoms with Crippen LogP contribution in [0.25, 0.3) is 0 Å². The first-order valence-electron chi connectivity index (χ1n) is 10.6. The Morgan fingerprint density at radius 3 is 2.33 bits per heavy atom. The number of nitrogens with one attached hydrogen (secondary N) is 1. The highest BCUT2D eigenvalue weighted by atomic mass is 32.2. The highest BCUT2D eigenvalue weighted by molar-refractivity contribution is 8.13. The van der Waals surface area contributed by atoms with Crippen LogP contribution in [0.5, 0.6) is 17.2 Å². The molecule has 1 heterocycles. The molecule has 1 N–H and O–H groups in total. The molecule has 0 fully saturated rings. The molecule has 33 heavy (non-hydrogen) atoms. The van der Waals surface area contributed by atoms with Crippen molar-refractivity contribution >= 4 is 22.9 Å². The first-order chi connectivity index (χ1) is 15.9. The zero-order chi connectivity index (χ0) is 24.0. The summed E-state index contributed by atoms with van der Waals surface area (Å²) in [5.74, 6) is 1.81. The number of esters is 1. The smallest absolute Gasteiger partial charge is 0.338 e. The molecule has 0 bridgehead atoms. The molecule has 0 saturated carbocycles. The molecule has 0 aliphatic carbocycles. The molecule has 1 aliphatic rings. The first-order valence-corrected chi connectivity index (χ1v) is 11.6. The fraction of sp³-hybridized carbons (Fsp3) is 0.360. The molecule has 0 unspecified atom stereocenters. The number of carbonyl (C=O) groups is 1. The lowest BCUT2D eigenvalue weighted by Gasteiger charge is -2.26. The lowest BCUT2D eigenvalue weighted by Crippen LogP contribution is -2.30. The number of thioether (sulfide) groups is 1. The molecule has 0 saturated heterocycles. The van der Waals surface area contributed by atoms with Crippen LogP contribution in [-0.2, 0) is 15.3 Å². The molecule has 0 aromatic heterocycles. The van der Waals surface area contributed by atoms with E-state index >= 15 is 0 Å². The van der Waals surface area contributed by atoms with Crippen molar-refractivity contribution in [3.05, 3.63) is 64.4 Å². The van der Waals surface area contributed by atoms with Crippen LogP contribution in [0.2, 0.25) is 0 Å². The maximum Gasteiger partial charge on any atom is 0.338 e. The third-order valence-electron chi connectivity index (χ3n) is 5.17. The highest BCUT2D eigenvalue weighted by Crippen LogP contribution is 2.43. The summed E-state index contributed by atoms with van der Waals surface area (Å²) in [6, 6.07) is 11.4. The number of hydrogen-bond donors (Lipinski definition) is 1. The van der Waals surface area contributed by atoms with Gasteiger partial charge in [-0.25, -0.2) is 9.79 Å². The minimum absolute atomic E-state index is 0.274. The Hall–Kier alpha value is -3.13. The minimum Gasteiger partial charge on any atom is -0.493 e. The van der Waals surface area contributed by atoms with E-state index in [-0.39, 0.29) is 6.61 Å². The third-order valence-corrected chi connectivity index (χ3v) is 6.13. The summed E-state index contributed by atoms with van der Waals surface area (Å²) in [6.07, 6.45) is 0. The summed E-state index contributed by atoms with van der Waals surface area (Å²) in [5.41, 5.74) is 4.30. The van der Waals surface area contributed by atoms with Gasteiger partial charge in [0.05, 0.1) is 33.5 Å². The standard InChI is InChI=1S/C25H30N2O5S/c1-7-32-24(28)21-16(3)26-25(33-14-17-10-8-9-15(2)11-17)27-22(21)18-12-19(29-4)23(31-6)20(13-18)30-5/h8-13,22H,7,14H2,1-6H3,(H,26,27)/t22-/m0/s1. The number of methoxy groups -OCH3 is 3. The summed E-state index contributed by atoms with van der Waals surface area (Å²) in [7, 11) is 4.67. The highest BCUT2D eigenvalue weighted by Gasteiger charge is 2.32. The van der Waals surface area contributed by atoms with Gasteiger partial charge in [-0.2, -0.15) is 0 Å². The van der Waals surface area contributed by atoms with E-state index in [1.54, 1.807) is 40.0 Å². The molecule has 7 nitrogen and oxygen atoms in total. The molecule has 2 aromatic rings. The lowest BCUT2D eigenvalue weighted by molar-refractivity contribution is -0.138. The molecule has 1 aliphatic heterocycles. The molecule has 0 radical (unpaired) electrons. The Labute approximate surface area is 199 Å². The van der Waals surface area contributed by atoms with Gasteiger partial charge < -0.3 is 24.3 Å². The molecule has 8 heteroatoms. The summed E-state index contributed by atoms with van der Waals surface area (Å²) in [5, 5.41) is 4.00. The third kappa shape index (κ3) is 5.63. The number of amidine groups is 1. The topological polar surface area (TPSA) is 78.4 Å². The maximum absolute atomic E-state index is 12.9. The summed E-state index contributed by atoms with van der Waals surface area (Å²) < 4.78 is 21.8. The van der Waals surface area contributed by atoms with Crippen molar-refractivity contribution in [1.29, 1.82) is 0 Å². The second kappa shape index (κ2) is 11.1. The number of allylic oxidation sites excluding steroid dienone is 1. The SMILES string of the molecule is CCOC(=O)C1=C(C)NC(SCc2cccc(C)c2)=N[C@H]1c1cc(OC)c(OC)c(OC)c1. The van der Waals surface area contributed by atoms with Crippen molar-refractivity contribution in [3.63, 3.8) is 0 Å². The van der Waals surface area contributed by atoms with Crippen LogP contribution < -0.4 is 19.5 Å². The van der Waals surface area contributed by atoms with Gasteiger partial charge in [-0.3, -0.25) is 0 Å². The van der Waals surface area contributed by atoms with Gasteiger partial charge in [0.25, 0.3) is 0 Å². The molecule has 176 valence electrons. The zero-order valence-electron chi connectivity index (χ0n) is 19.9. The van der Waals surface area contributed by atoms with E-state index in [0.29, 0.717) is 28.5 Å². The van der Waals surface area contributed by atoms with Crippen LogP contribution in [0.15, 0.2) is 52.7 Å². The Balaban J connectivity index is 2.02. The maximum atomic E-state index is 12.9. The number of aryl methyl sites for hydroxylation is 1. The number of nitrogens with zero attached hydrogens (tertiary/aromatic N) is 1. The van der Waals surface area contributed by atoms with Crippen LogP contribution in [0, 0.1) is 6.92 Å². The molecule has 0 spiro atoms. The Morgan fingerprint density at radius 1 is 1.06 bits per heavy atom. The zero-order valence-corrected chi connectivity index (χ0v) is 20.7. The molecule has 1 atom stereocenters. The predicted molar refractivity (Wildman–Crippen MR) is 131 cm³/mol. The Kier molecular flexibility index (Phi) is 8.27. The summed E-state index contributed by atoms with van der Waals surface area (Å²) >= 11 is 1.58. The average molecular weight is 471 g/mol. The van der Waals surface area contributed by atoms with Crippen LogP contribution in [0.4, 0.5) is 0 Å². The molecule has 0 amide bonds. The number of ether oxygens (including phenoxy) is 4. The van der Waals surface area contributed by atoms with Gasteiger partial charge in [0.15, 0.2) is 16.7 Å². The number of aliphatic imine (C=N–C) groups is 1. The van der Waals surface area contributed by atoms with Gasteiger partial charge in [-0.15, -0.1) is 0 Å². The second-order valence-electron chi connectivity index (χ2n) is 7.46. The van der Waals surface area contributed by atoms with Gasteiger partial charge in [0.1, 0.15) is 6.04 Å². The lowest BCUT2D eigenvalue weighted by atomic mass is 9.96. The van der Waals surface area contributed by atoms with Crippen LogP contribution in [0.3, 0.4) is 0 Å². The fourth-order valence-corrected chi connectivity index (χ4v) is 4.54. The van der Waals surface area contributed by atoms with Crippen molar-refractivity contribution in [2.24, 2.45) is 4.99 Å². The van der Waals surface area contributed by atoms with E-state index in [2.05, 4.69) is 30.4 Å². The van der Waals surface area contributed by atoms with Gasteiger partial charge in [0, 0.05) is 11.4 Å². The van der Waals surface area contributed by atoms with E-state index in [0.717, 1.165) is 16.5 Å². The predicted octanol–water partition coefficient (Wildman–Crippen LogP) is 4.79. The Bertz CT molecular complexity index is 1060. The van der Waals surface area contributed by atoms with E-state index in [4.69, 9.17) is 23.9 Å². The number of benzene rings is 2. The molecule has 3 rings (SSSR count). The van der Waals surface area contributed by atoms with Crippen molar-refractivity contribution in [3.8, 4) is 17.2 Å². The number of rotatable bonds is 8. The molecular formula is C25H30N2O5S. The van der Waals surface area contributed by atoms with Gasteiger partial charge in [0.2, 0.25) is 5.75 Å². The van der Waals surface area contributed by atoms with Gasteiger partial charge >= 0.3 is 5.97 Å². The summed E-state index contributed by atoms with van der Waals surface area (Å²) in [4.78, 5) is 17.8. The normalized spacial score (nSPS) is 15.5.